The molecule has 1 aliphatic rings. The SMILES string of the molecule is CC(CNc1ccc(C(=O)Nc2cccc(Cl)c2)cn1)N1CCOCC1C. The zero-order valence-electron chi connectivity index (χ0n) is 15.6. The first-order valence-electron chi connectivity index (χ1n) is 9.13. The summed E-state index contributed by atoms with van der Waals surface area (Å²) < 4.78 is 5.49. The van der Waals surface area contributed by atoms with Crippen LogP contribution in [-0.2, 0) is 4.74 Å². The number of aromatic nitrogens is 1. The van der Waals surface area contributed by atoms with Gasteiger partial charge in [-0.1, -0.05) is 17.7 Å². The highest BCUT2D eigenvalue weighted by Gasteiger charge is 2.23. The molecule has 0 bridgehead atoms. The lowest BCUT2D eigenvalue weighted by Gasteiger charge is -2.37. The van der Waals surface area contributed by atoms with Crippen molar-refractivity contribution in [3.05, 3.63) is 53.2 Å². The van der Waals surface area contributed by atoms with Gasteiger partial charge < -0.3 is 15.4 Å². The van der Waals surface area contributed by atoms with E-state index in [1.165, 1.54) is 0 Å². The Kier molecular flexibility index (Phi) is 6.66. The zero-order chi connectivity index (χ0) is 19.2. The molecular formula is C20H25ClN4O2. The number of carbonyl (C=O) groups is 1. The van der Waals surface area contributed by atoms with Gasteiger partial charge in [0.2, 0.25) is 0 Å². The number of nitrogens with one attached hydrogen (secondary N) is 2. The monoisotopic (exact) mass is 388 g/mol. The second-order valence-corrected chi connectivity index (χ2v) is 7.22. The minimum Gasteiger partial charge on any atom is -0.379 e. The molecule has 1 fully saturated rings. The third-order valence-corrected chi connectivity index (χ3v) is 4.91. The van der Waals surface area contributed by atoms with E-state index in [9.17, 15) is 4.79 Å². The summed E-state index contributed by atoms with van der Waals surface area (Å²) >= 11 is 5.94. The van der Waals surface area contributed by atoms with Gasteiger partial charge in [-0.3, -0.25) is 9.69 Å². The van der Waals surface area contributed by atoms with Gasteiger partial charge in [0, 0.05) is 42.1 Å². The van der Waals surface area contributed by atoms with Crippen LogP contribution in [0.15, 0.2) is 42.6 Å². The average molecular weight is 389 g/mol. The second-order valence-electron chi connectivity index (χ2n) is 6.79. The molecule has 2 unspecified atom stereocenters. The number of hydrogen-bond donors (Lipinski definition) is 2. The summed E-state index contributed by atoms with van der Waals surface area (Å²) in [6.07, 6.45) is 1.57. The summed E-state index contributed by atoms with van der Waals surface area (Å²) in [5.74, 6) is 0.536. The summed E-state index contributed by atoms with van der Waals surface area (Å²) in [4.78, 5) is 19.1. The maximum absolute atomic E-state index is 12.3. The van der Waals surface area contributed by atoms with Gasteiger partial charge in [-0.25, -0.2) is 4.98 Å². The van der Waals surface area contributed by atoms with E-state index < -0.39 is 0 Å². The normalized spacial score (nSPS) is 18.7. The highest BCUT2D eigenvalue weighted by Crippen LogP contribution is 2.16. The van der Waals surface area contributed by atoms with Crippen molar-refractivity contribution in [2.24, 2.45) is 0 Å². The summed E-state index contributed by atoms with van der Waals surface area (Å²) in [6.45, 7) is 7.66. The standard InChI is InChI=1S/C20H25ClN4O2/c1-14(25-8-9-27-13-15(25)2)11-22-19-7-6-16(12-23-19)20(26)24-18-5-3-4-17(21)10-18/h3-7,10,12,14-15H,8-9,11,13H2,1-2H3,(H,22,23)(H,24,26). The highest BCUT2D eigenvalue weighted by atomic mass is 35.5. The van der Waals surface area contributed by atoms with Crippen molar-refractivity contribution in [1.82, 2.24) is 9.88 Å². The van der Waals surface area contributed by atoms with Crippen LogP contribution in [0.3, 0.4) is 0 Å². The van der Waals surface area contributed by atoms with Crippen molar-refractivity contribution in [3.63, 3.8) is 0 Å². The summed E-state index contributed by atoms with van der Waals surface area (Å²) in [6, 6.07) is 11.4. The minimum absolute atomic E-state index is 0.216. The van der Waals surface area contributed by atoms with Crippen LogP contribution in [-0.4, -0.2) is 54.2 Å². The number of hydrogen-bond acceptors (Lipinski definition) is 5. The number of nitrogens with zero attached hydrogens (tertiary/aromatic N) is 2. The molecule has 144 valence electrons. The Balaban J connectivity index is 1.53. The number of pyridine rings is 1. The topological polar surface area (TPSA) is 66.5 Å². The second kappa shape index (κ2) is 9.17. The van der Waals surface area contributed by atoms with Crippen molar-refractivity contribution < 1.29 is 9.53 Å². The molecule has 1 aromatic heterocycles. The molecule has 2 aromatic rings. The van der Waals surface area contributed by atoms with E-state index in [-0.39, 0.29) is 5.91 Å². The fourth-order valence-electron chi connectivity index (χ4n) is 3.17. The van der Waals surface area contributed by atoms with Gasteiger partial charge >= 0.3 is 0 Å². The van der Waals surface area contributed by atoms with Crippen LogP contribution < -0.4 is 10.6 Å². The molecule has 0 spiro atoms. The smallest absolute Gasteiger partial charge is 0.257 e. The molecule has 2 atom stereocenters. The van der Waals surface area contributed by atoms with E-state index in [2.05, 4.69) is 34.4 Å². The fourth-order valence-corrected chi connectivity index (χ4v) is 3.36. The Labute approximate surface area is 164 Å². The van der Waals surface area contributed by atoms with Crippen LogP contribution in [0.4, 0.5) is 11.5 Å². The Morgan fingerprint density at radius 1 is 1.41 bits per heavy atom. The van der Waals surface area contributed by atoms with E-state index in [4.69, 9.17) is 16.3 Å². The molecule has 6 nitrogen and oxygen atoms in total. The van der Waals surface area contributed by atoms with Crippen LogP contribution in [0.2, 0.25) is 5.02 Å². The van der Waals surface area contributed by atoms with Gasteiger partial charge in [-0.15, -0.1) is 0 Å². The van der Waals surface area contributed by atoms with Gasteiger partial charge in [0.1, 0.15) is 5.82 Å². The maximum Gasteiger partial charge on any atom is 0.257 e. The average Bonchev–Trinajstić information content (AvgIpc) is 2.67. The van der Waals surface area contributed by atoms with Crippen molar-refractivity contribution in [1.29, 1.82) is 0 Å². The van der Waals surface area contributed by atoms with Crippen molar-refractivity contribution in [2.45, 2.75) is 25.9 Å². The van der Waals surface area contributed by atoms with Gasteiger partial charge in [-0.05, 0) is 44.2 Å². The lowest BCUT2D eigenvalue weighted by Crippen LogP contribution is -2.50. The van der Waals surface area contributed by atoms with Crippen LogP contribution in [0.25, 0.3) is 0 Å². The Morgan fingerprint density at radius 2 is 2.26 bits per heavy atom. The number of rotatable bonds is 6. The van der Waals surface area contributed by atoms with Crippen LogP contribution in [0, 0.1) is 0 Å². The summed E-state index contributed by atoms with van der Waals surface area (Å²) in [5.41, 5.74) is 1.15. The Hall–Kier alpha value is -2.15. The first-order chi connectivity index (χ1) is 13.0. The van der Waals surface area contributed by atoms with Crippen LogP contribution >= 0.6 is 11.6 Å². The molecular weight excluding hydrogens is 364 g/mol. The molecule has 2 heterocycles. The van der Waals surface area contributed by atoms with E-state index in [0.717, 1.165) is 32.1 Å². The lowest BCUT2D eigenvalue weighted by atomic mass is 10.2. The molecule has 1 aromatic carbocycles. The molecule has 1 saturated heterocycles. The summed E-state index contributed by atoms with van der Waals surface area (Å²) in [5, 5.41) is 6.74. The van der Waals surface area contributed by atoms with Crippen molar-refractivity contribution in [3.8, 4) is 0 Å². The van der Waals surface area contributed by atoms with E-state index in [0.29, 0.717) is 28.4 Å². The van der Waals surface area contributed by atoms with Crippen LogP contribution in [0.1, 0.15) is 24.2 Å². The molecule has 2 N–H and O–H groups in total. The molecule has 1 amide bonds. The molecule has 27 heavy (non-hydrogen) atoms. The number of ether oxygens (including phenoxy) is 1. The fraction of sp³-hybridized carbons (Fsp3) is 0.400. The van der Waals surface area contributed by atoms with Gasteiger partial charge in [0.15, 0.2) is 0 Å². The number of benzene rings is 1. The van der Waals surface area contributed by atoms with E-state index >= 15 is 0 Å². The molecule has 1 aliphatic heterocycles. The van der Waals surface area contributed by atoms with Crippen molar-refractivity contribution >= 4 is 29.0 Å². The third-order valence-electron chi connectivity index (χ3n) is 4.67. The zero-order valence-corrected chi connectivity index (χ0v) is 16.4. The predicted octanol–water partition coefficient (Wildman–Crippen LogP) is 3.51. The number of amides is 1. The molecule has 0 radical (unpaired) electrons. The molecule has 0 saturated carbocycles. The Morgan fingerprint density at radius 3 is 2.96 bits per heavy atom. The first kappa shape index (κ1) is 19.6. The maximum atomic E-state index is 12.3. The predicted molar refractivity (Wildman–Crippen MR) is 109 cm³/mol. The van der Waals surface area contributed by atoms with Crippen molar-refractivity contribution in [2.75, 3.05) is 36.9 Å². The van der Waals surface area contributed by atoms with Gasteiger partial charge in [-0.2, -0.15) is 0 Å². The van der Waals surface area contributed by atoms with Gasteiger partial charge in [0.05, 0.1) is 18.8 Å². The number of carbonyl (C=O) groups excluding carboxylic acids is 1. The quantitative estimate of drug-likeness (QED) is 0.792. The largest absolute Gasteiger partial charge is 0.379 e. The van der Waals surface area contributed by atoms with Gasteiger partial charge in [0.25, 0.3) is 5.91 Å². The third kappa shape index (κ3) is 5.42. The highest BCUT2D eigenvalue weighted by molar-refractivity contribution is 6.30. The molecule has 0 aliphatic carbocycles. The van der Waals surface area contributed by atoms with Crippen LogP contribution in [0.5, 0.6) is 0 Å². The molecule has 3 rings (SSSR count). The minimum atomic E-state index is -0.216. The Bertz CT molecular complexity index is 769. The first-order valence-corrected chi connectivity index (χ1v) is 9.51. The number of halogens is 1. The molecule has 7 heteroatoms. The lowest BCUT2D eigenvalue weighted by molar-refractivity contribution is -0.0159. The number of morpholine rings is 1. The summed E-state index contributed by atoms with van der Waals surface area (Å²) in [7, 11) is 0. The number of anilines is 2. The van der Waals surface area contributed by atoms with E-state index in [1.54, 1.807) is 36.5 Å². The van der Waals surface area contributed by atoms with E-state index in [1.807, 2.05) is 6.07 Å².